The molecule has 15 heavy (non-hydrogen) atoms. The predicted octanol–water partition coefficient (Wildman–Crippen LogP) is 3.16. The van der Waals surface area contributed by atoms with E-state index in [0.717, 1.165) is 29.7 Å². The highest BCUT2D eigenvalue weighted by molar-refractivity contribution is 6.03. The first-order valence-corrected chi connectivity index (χ1v) is 5.61. The van der Waals surface area contributed by atoms with E-state index in [0.29, 0.717) is 12.5 Å². The van der Waals surface area contributed by atoms with Crippen molar-refractivity contribution in [1.82, 2.24) is 0 Å². The van der Waals surface area contributed by atoms with E-state index in [1.165, 1.54) is 0 Å². The highest BCUT2D eigenvalue weighted by atomic mass is 16.1. The van der Waals surface area contributed by atoms with Crippen molar-refractivity contribution in [2.24, 2.45) is 0 Å². The summed E-state index contributed by atoms with van der Waals surface area (Å²) in [6.45, 7) is 4.17. The second kappa shape index (κ2) is 4.05. The van der Waals surface area contributed by atoms with Gasteiger partial charge in [-0.2, -0.15) is 0 Å². The summed E-state index contributed by atoms with van der Waals surface area (Å²) in [5, 5.41) is 3.43. The molecular formula is C13H17NO. The molecule has 0 bridgehead atoms. The molecule has 0 aliphatic carbocycles. The van der Waals surface area contributed by atoms with Crippen molar-refractivity contribution in [3.05, 3.63) is 29.3 Å². The third-order valence-corrected chi connectivity index (χ3v) is 2.90. The standard InChI is InChI=1S/C13H17NO/c1-3-4-10-8-13(15)11-7-9(2)5-6-12(11)14-10/h5-7,10,14H,3-4,8H2,1-2H3. The van der Waals surface area contributed by atoms with E-state index < -0.39 is 0 Å². The largest absolute Gasteiger partial charge is 0.381 e. The molecule has 2 rings (SSSR count). The zero-order valence-electron chi connectivity index (χ0n) is 9.34. The molecule has 1 unspecified atom stereocenters. The van der Waals surface area contributed by atoms with E-state index in [9.17, 15) is 4.79 Å². The van der Waals surface area contributed by atoms with E-state index in [-0.39, 0.29) is 5.78 Å². The molecule has 0 radical (unpaired) electrons. The molecule has 1 N–H and O–H groups in total. The van der Waals surface area contributed by atoms with E-state index in [4.69, 9.17) is 0 Å². The molecule has 0 amide bonds. The Balaban J connectivity index is 2.28. The number of Topliss-reactive ketones (excluding diaryl/α,β-unsaturated/α-hetero) is 1. The lowest BCUT2D eigenvalue weighted by Crippen LogP contribution is -2.29. The van der Waals surface area contributed by atoms with Crippen LogP contribution in [0.3, 0.4) is 0 Å². The molecule has 0 saturated carbocycles. The topological polar surface area (TPSA) is 29.1 Å². The number of anilines is 1. The number of ketones is 1. The molecule has 2 heteroatoms. The molecule has 1 heterocycles. The van der Waals surface area contributed by atoms with Crippen LogP contribution in [0.2, 0.25) is 0 Å². The Hall–Kier alpha value is -1.31. The van der Waals surface area contributed by atoms with Gasteiger partial charge in [-0.1, -0.05) is 25.0 Å². The van der Waals surface area contributed by atoms with Gasteiger partial charge in [-0.15, -0.1) is 0 Å². The minimum atomic E-state index is 0.283. The molecule has 1 aromatic rings. The van der Waals surface area contributed by atoms with Gasteiger partial charge in [-0.25, -0.2) is 0 Å². The maximum atomic E-state index is 11.9. The van der Waals surface area contributed by atoms with Gasteiger partial charge >= 0.3 is 0 Å². The van der Waals surface area contributed by atoms with Gasteiger partial charge in [0.1, 0.15) is 0 Å². The number of carbonyl (C=O) groups is 1. The highest BCUT2D eigenvalue weighted by Gasteiger charge is 2.23. The number of nitrogens with one attached hydrogen (secondary N) is 1. The molecule has 0 saturated heterocycles. The Morgan fingerprint density at radius 2 is 2.27 bits per heavy atom. The lowest BCUT2D eigenvalue weighted by atomic mass is 9.93. The SMILES string of the molecule is CCCC1CC(=O)c2cc(C)ccc2N1. The van der Waals surface area contributed by atoms with Crippen molar-refractivity contribution in [3.63, 3.8) is 0 Å². The monoisotopic (exact) mass is 203 g/mol. The predicted molar refractivity (Wildman–Crippen MR) is 62.4 cm³/mol. The van der Waals surface area contributed by atoms with Crippen LogP contribution in [0.25, 0.3) is 0 Å². The van der Waals surface area contributed by atoms with Crippen molar-refractivity contribution in [3.8, 4) is 0 Å². The molecular weight excluding hydrogens is 186 g/mol. The number of fused-ring (bicyclic) bond motifs is 1. The molecule has 1 aromatic carbocycles. The van der Waals surface area contributed by atoms with E-state index >= 15 is 0 Å². The van der Waals surface area contributed by atoms with Crippen LogP contribution >= 0.6 is 0 Å². The summed E-state index contributed by atoms with van der Waals surface area (Å²) in [5.41, 5.74) is 3.02. The molecule has 1 aliphatic rings. The van der Waals surface area contributed by atoms with Crippen molar-refractivity contribution in [1.29, 1.82) is 0 Å². The Bertz CT molecular complexity index is 384. The van der Waals surface area contributed by atoms with Crippen LogP contribution in [0.15, 0.2) is 18.2 Å². The molecule has 0 spiro atoms. The van der Waals surface area contributed by atoms with Crippen LogP contribution in [0.4, 0.5) is 5.69 Å². The zero-order valence-corrected chi connectivity index (χ0v) is 9.34. The fraction of sp³-hybridized carbons (Fsp3) is 0.462. The van der Waals surface area contributed by atoms with Crippen molar-refractivity contribution in [2.45, 2.75) is 39.2 Å². The van der Waals surface area contributed by atoms with Crippen LogP contribution in [0.5, 0.6) is 0 Å². The quantitative estimate of drug-likeness (QED) is 0.800. The van der Waals surface area contributed by atoms with Crippen molar-refractivity contribution < 1.29 is 4.79 Å². The number of carbonyl (C=O) groups excluding carboxylic acids is 1. The van der Waals surface area contributed by atoms with Crippen LogP contribution in [-0.4, -0.2) is 11.8 Å². The van der Waals surface area contributed by atoms with Gasteiger partial charge in [-0.3, -0.25) is 4.79 Å². The second-order valence-corrected chi connectivity index (χ2v) is 4.31. The van der Waals surface area contributed by atoms with Crippen LogP contribution in [-0.2, 0) is 0 Å². The first kappa shape index (κ1) is 10.2. The van der Waals surface area contributed by atoms with Crippen molar-refractivity contribution in [2.75, 3.05) is 5.32 Å². The summed E-state index contributed by atoms with van der Waals surface area (Å²) < 4.78 is 0. The fourth-order valence-corrected chi connectivity index (χ4v) is 2.14. The Kier molecular flexibility index (Phi) is 2.76. The zero-order chi connectivity index (χ0) is 10.8. The Labute approximate surface area is 90.7 Å². The smallest absolute Gasteiger partial charge is 0.167 e. The van der Waals surface area contributed by atoms with Gasteiger partial charge in [0.2, 0.25) is 0 Å². The third kappa shape index (κ3) is 2.04. The van der Waals surface area contributed by atoms with E-state index in [1.54, 1.807) is 0 Å². The number of benzene rings is 1. The van der Waals surface area contributed by atoms with E-state index in [1.807, 2.05) is 25.1 Å². The Morgan fingerprint density at radius 3 is 3.00 bits per heavy atom. The van der Waals surface area contributed by atoms with E-state index in [2.05, 4.69) is 12.2 Å². The minimum absolute atomic E-state index is 0.283. The van der Waals surface area contributed by atoms with Gasteiger partial charge < -0.3 is 5.32 Å². The van der Waals surface area contributed by atoms with Crippen LogP contribution in [0.1, 0.15) is 42.1 Å². The lowest BCUT2D eigenvalue weighted by molar-refractivity contribution is 0.0971. The maximum absolute atomic E-state index is 11.9. The van der Waals surface area contributed by atoms with Gasteiger partial charge in [0, 0.05) is 23.7 Å². The summed E-state index contributed by atoms with van der Waals surface area (Å²) >= 11 is 0. The van der Waals surface area contributed by atoms with Crippen molar-refractivity contribution >= 4 is 11.5 Å². The summed E-state index contributed by atoms with van der Waals surface area (Å²) in [6.07, 6.45) is 2.83. The first-order valence-electron chi connectivity index (χ1n) is 5.61. The van der Waals surface area contributed by atoms with Gasteiger partial charge in [0.05, 0.1) is 0 Å². The Morgan fingerprint density at radius 1 is 1.47 bits per heavy atom. The first-order chi connectivity index (χ1) is 7.20. The van der Waals surface area contributed by atoms with Crippen LogP contribution < -0.4 is 5.32 Å². The second-order valence-electron chi connectivity index (χ2n) is 4.31. The maximum Gasteiger partial charge on any atom is 0.167 e. The number of hydrogen-bond donors (Lipinski definition) is 1. The minimum Gasteiger partial charge on any atom is -0.381 e. The molecule has 2 nitrogen and oxygen atoms in total. The number of hydrogen-bond acceptors (Lipinski definition) is 2. The third-order valence-electron chi connectivity index (χ3n) is 2.90. The molecule has 1 aliphatic heterocycles. The highest BCUT2D eigenvalue weighted by Crippen LogP contribution is 2.27. The summed E-state index contributed by atoms with van der Waals surface area (Å²) in [5.74, 6) is 0.283. The van der Waals surface area contributed by atoms with Crippen LogP contribution in [0, 0.1) is 6.92 Å². The average molecular weight is 203 g/mol. The summed E-state index contributed by atoms with van der Waals surface area (Å²) in [7, 11) is 0. The molecule has 80 valence electrons. The molecule has 0 fully saturated rings. The number of rotatable bonds is 2. The molecule has 0 aromatic heterocycles. The summed E-state index contributed by atoms with van der Waals surface area (Å²) in [6, 6.07) is 6.38. The van der Waals surface area contributed by atoms with Gasteiger partial charge in [0.15, 0.2) is 5.78 Å². The summed E-state index contributed by atoms with van der Waals surface area (Å²) in [4.78, 5) is 11.9. The van der Waals surface area contributed by atoms with Gasteiger partial charge in [-0.05, 0) is 25.5 Å². The number of aryl methyl sites for hydroxylation is 1. The lowest BCUT2D eigenvalue weighted by Gasteiger charge is -2.26. The van der Waals surface area contributed by atoms with Gasteiger partial charge in [0.25, 0.3) is 0 Å². The molecule has 1 atom stereocenters. The fourth-order valence-electron chi connectivity index (χ4n) is 2.14. The normalized spacial score (nSPS) is 19.6. The average Bonchev–Trinajstić information content (AvgIpc) is 2.20.